The van der Waals surface area contributed by atoms with Crippen molar-refractivity contribution in [3.05, 3.63) is 33.8 Å². The summed E-state index contributed by atoms with van der Waals surface area (Å²) in [7, 11) is 0. The molecule has 2 aliphatic heterocycles. The minimum atomic E-state index is 0. The van der Waals surface area contributed by atoms with Crippen molar-refractivity contribution < 1.29 is 4.74 Å². The molecule has 0 radical (unpaired) electrons. The lowest BCUT2D eigenvalue weighted by atomic mass is 9.89. The Morgan fingerprint density at radius 2 is 2.19 bits per heavy atom. The summed E-state index contributed by atoms with van der Waals surface area (Å²) < 4.78 is 5.82. The van der Waals surface area contributed by atoms with Crippen LogP contribution in [0, 0.1) is 6.92 Å². The van der Waals surface area contributed by atoms with Crippen LogP contribution in [0.25, 0.3) is 0 Å². The molecule has 2 atom stereocenters. The van der Waals surface area contributed by atoms with E-state index in [-0.39, 0.29) is 12.4 Å². The SMILES string of the molecule is Cc1cc2c(cc1Cl)[C@@H]1CNC[C@@H]1OC2.Cl. The van der Waals surface area contributed by atoms with Crippen molar-refractivity contribution in [3.63, 3.8) is 0 Å². The first-order chi connectivity index (χ1) is 7.25. The standard InChI is InChI=1S/C12H14ClNO.ClH/c1-7-2-8-6-15-12-5-14-4-10(12)9(8)3-11(7)13;/h2-3,10,12,14H,4-6H2,1H3;1H/t10-,12-;/m0./s1. The quantitative estimate of drug-likeness (QED) is 0.774. The molecule has 0 unspecified atom stereocenters. The third-order valence-corrected chi connectivity index (χ3v) is 3.84. The molecule has 1 N–H and O–H groups in total. The Morgan fingerprint density at radius 3 is 3.00 bits per heavy atom. The number of hydrogen-bond donors (Lipinski definition) is 1. The van der Waals surface area contributed by atoms with Crippen molar-refractivity contribution in [3.8, 4) is 0 Å². The number of nitrogens with one attached hydrogen (secondary N) is 1. The number of rotatable bonds is 0. The third-order valence-electron chi connectivity index (χ3n) is 3.43. The van der Waals surface area contributed by atoms with E-state index in [0.29, 0.717) is 12.0 Å². The van der Waals surface area contributed by atoms with E-state index in [2.05, 4.69) is 17.4 Å². The van der Waals surface area contributed by atoms with Gasteiger partial charge in [0.2, 0.25) is 0 Å². The molecule has 0 bridgehead atoms. The fraction of sp³-hybridized carbons (Fsp3) is 0.500. The first kappa shape index (κ1) is 12.2. The predicted molar refractivity (Wildman–Crippen MR) is 67.6 cm³/mol. The number of ether oxygens (including phenoxy) is 1. The van der Waals surface area contributed by atoms with Gasteiger partial charge in [-0.05, 0) is 29.7 Å². The zero-order valence-corrected chi connectivity index (χ0v) is 10.7. The average Bonchev–Trinajstić information content (AvgIpc) is 2.68. The van der Waals surface area contributed by atoms with Crippen LogP contribution in [0.15, 0.2) is 12.1 Å². The first-order valence-corrected chi connectivity index (χ1v) is 5.75. The minimum absolute atomic E-state index is 0. The third kappa shape index (κ3) is 1.84. The Hall–Kier alpha value is -0.280. The molecule has 2 nitrogen and oxygen atoms in total. The van der Waals surface area contributed by atoms with Gasteiger partial charge in [0.05, 0.1) is 12.7 Å². The molecule has 0 saturated carbocycles. The smallest absolute Gasteiger partial charge is 0.0784 e. The molecule has 0 aliphatic carbocycles. The first-order valence-electron chi connectivity index (χ1n) is 5.37. The van der Waals surface area contributed by atoms with Gasteiger partial charge < -0.3 is 10.1 Å². The second kappa shape index (κ2) is 4.53. The Balaban J connectivity index is 0.000000963. The van der Waals surface area contributed by atoms with Crippen LogP contribution >= 0.6 is 24.0 Å². The van der Waals surface area contributed by atoms with Gasteiger partial charge in [-0.15, -0.1) is 12.4 Å². The maximum absolute atomic E-state index is 6.17. The topological polar surface area (TPSA) is 21.3 Å². The van der Waals surface area contributed by atoms with E-state index in [1.807, 2.05) is 6.92 Å². The van der Waals surface area contributed by atoms with Crippen LogP contribution in [-0.4, -0.2) is 19.2 Å². The molecule has 3 rings (SSSR count). The normalized spacial score (nSPS) is 26.9. The van der Waals surface area contributed by atoms with Gasteiger partial charge in [-0.25, -0.2) is 0 Å². The fourth-order valence-corrected chi connectivity index (χ4v) is 2.74. The Kier molecular flexibility index (Phi) is 3.45. The molecule has 1 aromatic carbocycles. The van der Waals surface area contributed by atoms with Crippen molar-refractivity contribution in [1.82, 2.24) is 5.32 Å². The van der Waals surface area contributed by atoms with Crippen LogP contribution < -0.4 is 5.32 Å². The molecule has 88 valence electrons. The maximum Gasteiger partial charge on any atom is 0.0784 e. The Morgan fingerprint density at radius 1 is 1.38 bits per heavy atom. The lowest BCUT2D eigenvalue weighted by molar-refractivity contribution is 0.0299. The molecule has 0 aromatic heterocycles. The van der Waals surface area contributed by atoms with Gasteiger partial charge in [0.1, 0.15) is 0 Å². The van der Waals surface area contributed by atoms with Gasteiger partial charge in [0.15, 0.2) is 0 Å². The molecule has 0 spiro atoms. The Labute approximate surface area is 107 Å². The van der Waals surface area contributed by atoms with Gasteiger partial charge in [0, 0.05) is 24.0 Å². The van der Waals surface area contributed by atoms with E-state index in [4.69, 9.17) is 16.3 Å². The van der Waals surface area contributed by atoms with Gasteiger partial charge in [0.25, 0.3) is 0 Å². The predicted octanol–water partition coefficient (Wildman–Crippen LogP) is 2.66. The van der Waals surface area contributed by atoms with Gasteiger partial charge in [-0.3, -0.25) is 0 Å². The highest BCUT2D eigenvalue weighted by Crippen LogP contribution is 2.36. The molecule has 1 saturated heterocycles. The number of fused-ring (bicyclic) bond motifs is 3. The van der Waals surface area contributed by atoms with E-state index in [9.17, 15) is 0 Å². The maximum atomic E-state index is 6.17. The van der Waals surface area contributed by atoms with E-state index in [0.717, 1.165) is 30.3 Å². The number of halogens is 2. The van der Waals surface area contributed by atoms with E-state index in [1.165, 1.54) is 11.1 Å². The van der Waals surface area contributed by atoms with Gasteiger partial charge >= 0.3 is 0 Å². The second-order valence-electron chi connectivity index (χ2n) is 4.41. The van der Waals surface area contributed by atoms with Gasteiger partial charge in [-0.2, -0.15) is 0 Å². The molecular weight excluding hydrogens is 245 g/mol. The molecule has 2 aliphatic rings. The summed E-state index contributed by atoms with van der Waals surface area (Å²) in [6, 6.07) is 4.28. The van der Waals surface area contributed by atoms with Crippen LogP contribution in [0.1, 0.15) is 22.6 Å². The lowest BCUT2D eigenvalue weighted by Crippen LogP contribution is -2.26. The zero-order valence-electron chi connectivity index (χ0n) is 9.13. The van der Waals surface area contributed by atoms with Crippen LogP contribution in [0.2, 0.25) is 5.02 Å². The van der Waals surface area contributed by atoms with Crippen LogP contribution in [0.3, 0.4) is 0 Å². The zero-order chi connectivity index (χ0) is 10.4. The van der Waals surface area contributed by atoms with Crippen LogP contribution in [-0.2, 0) is 11.3 Å². The van der Waals surface area contributed by atoms with Crippen molar-refractivity contribution in [2.45, 2.75) is 25.6 Å². The summed E-state index contributed by atoms with van der Waals surface area (Å²) in [5.74, 6) is 0.492. The van der Waals surface area contributed by atoms with Crippen molar-refractivity contribution in [1.29, 1.82) is 0 Å². The summed E-state index contributed by atoms with van der Waals surface area (Å²) in [5, 5.41) is 4.25. The Bertz CT molecular complexity index is 408. The van der Waals surface area contributed by atoms with Crippen molar-refractivity contribution in [2.75, 3.05) is 13.1 Å². The molecule has 16 heavy (non-hydrogen) atoms. The molecule has 1 fully saturated rings. The number of benzene rings is 1. The summed E-state index contributed by atoms with van der Waals surface area (Å²) in [6.07, 6.45) is 0.344. The summed E-state index contributed by atoms with van der Waals surface area (Å²) in [4.78, 5) is 0. The second-order valence-corrected chi connectivity index (χ2v) is 4.82. The average molecular weight is 260 g/mol. The fourth-order valence-electron chi connectivity index (χ4n) is 2.56. The monoisotopic (exact) mass is 259 g/mol. The highest BCUT2D eigenvalue weighted by molar-refractivity contribution is 6.31. The summed E-state index contributed by atoms with van der Waals surface area (Å²) in [6.45, 7) is 4.75. The number of aryl methyl sites for hydroxylation is 1. The van der Waals surface area contributed by atoms with Crippen molar-refractivity contribution in [2.24, 2.45) is 0 Å². The highest BCUT2D eigenvalue weighted by atomic mass is 35.5. The van der Waals surface area contributed by atoms with Crippen molar-refractivity contribution >= 4 is 24.0 Å². The number of hydrogen-bond acceptors (Lipinski definition) is 2. The molecule has 4 heteroatoms. The van der Waals surface area contributed by atoms with Gasteiger partial charge in [-0.1, -0.05) is 17.7 Å². The van der Waals surface area contributed by atoms with E-state index < -0.39 is 0 Å². The van der Waals surface area contributed by atoms with Crippen LogP contribution in [0.4, 0.5) is 0 Å². The molecular formula is C12H15Cl2NO. The summed E-state index contributed by atoms with van der Waals surface area (Å²) in [5.41, 5.74) is 3.83. The largest absolute Gasteiger partial charge is 0.372 e. The molecule has 0 amide bonds. The minimum Gasteiger partial charge on any atom is -0.372 e. The van der Waals surface area contributed by atoms with E-state index >= 15 is 0 Å². The summed E-state index contributed by atoms with van der Waals surface area (Å²) >= 11 is 6.17. The van der Waals surface area contributed by atoms with Crippen LogP contribution in [0.5, 0.6) is 0 Å². The highest BCUT2D eigenvalue weighted by Gasteiger charge is 2.34. The van der Waals surface area contributed by atoms with E-state index in [1.54, 1.807) is 0 Å². The molecule has 2 heterocycles. The lowest BCUT2D eigenvalue weighted by Gasteiger charge is -2.28. The molecule has 1 aromatic rings.